The molecule has 9 nitrogen and oxygen atoms in total. The fourth-order valence-corrected chi connectivity index (χ4v) is 4.48. The van der Waals surface area contributed by atoms with E-state index in [4.69, 9.17) is 4.98 Å². The van der Waals surface area contributed by atoms with Crippen molar-refractivity contribution in [1.29, 1.82) is 0 Å². The van der Waals surface area contributed by atoms with Crippen LogP contribution in [0.3, 0.4) is 0 Å². The van der Waals surface area contributed by atoms with Crippen LogP contribution in [-0.2, 0) is 0 Å². The Morgan fingerprint density at radius 2 is 2.09 bits per heavy atom. The van der Waals surface area contributed by atoms with E-state index < -0.39 is 6.10 Å². The molecule has 1 amide bonds. The summed E-state index contributed by atoms with van der Waals surface area (Å²) in [5.74, 6) is 0.778. The third kappa shape index (κ3) is 3.29. The molecule has 1 saturated carbocycles. The third-order valence-corrected chi connectivity index (χ3v) is 6.23. The van der Waals surface area contributed by atoms with Crippen LogP contribution >= 0.6 is 0 Å². The first-order chi connectivity index (χ1) is 15.5. The van der Waals surface area contributed by atoms with Crippen molar-refractivity contribution in [2.45, 2.75) is 51.2 Å². The van der Waals surface area contributed by atoms with Crippen molar-refractivity contribution in [2.24, 2.45) is 0 Å². The monoisotopic (exact) mass is 433 g/mol. The lowest BCUT2D eigenvalue weighted by molar-refractivity contribution is 0.0874. The number of pyridine rings is 1. The van der Waals surface area contributed by atoms with Gasteiger partial charge in [-0.05, 0) is 36.8 Å². The highest BCUT2D eigenvalue weighted by molar-refractivity contribution is 6.00. The van der Waals surface area contributed by atoms with Gasteiger partial charge in [0.1, 0.15) is 17.0 Å². The molecular formula is C23H27N7O2. The van der Waals surface area contributed by atoms with Crippen LogP contribution in [0.1, 0.15) is 54.9 Å². The number of aromatic nitrogens is 5. The van der Waals surface area contributed by atoms with Crippen molar-refractivity contribution in [3.8, 4) is 11.4 Å². The number of rotatable bonds is 5. The molecule has 1 aliphatic carbocycles. The van der Waals surface area contributed by atoms with E-state index >= 15 is 0 Å². The SMILES string of the molecule is CNc1cc(-c2ccc(C(C)C)c3nccn23)nc2c(C(=O)N[C@H]3CCC[C@H]3O)cnn12. The number of aliphatic hydroxyl groups is 1. The lowest BCUT2D eigenvalue weighted by Crippen LogP contribution is -2.39. The van der Waals surface area contributed by atoms with Crippen molar-refractivity contribution in [3.63, 3.8) is 0 Å². The Balaban J connectivity index is 1.62. The van der Waals surface area contributed by atoms with Crippen molar-refractivity contribution in [1.82, 2.24) is 29.3 Å². The zero-order valence-corrected chi connectivity index (χ0v) is 18.4. The standard InChI is InChI=1S/C23H27N7O2/c1-13(2)14-7-8-18(29-10-9-25-21(14)29)17-11-20(24-3)30-22(27-17)15(12-26-30)23(32)28-16-5-4-6-19(16)31/h7-13,16,19,24,31H,4-6H2,1-3H3,(H,28,32)/t16-,19+/m0/s1. The Kier molecular flexibility index (Phi) is 5.05. The van der Waals surface area contributed by atoms with Gasteiger partial charge < -0.3 is 15.7 Å². The van der Waals surface area contributed by atoms with Gasteiger partial charge in [0.05, 0.1) is 29.7 Å². The van der Waals surface area contributed by atoms with E-state index in [1.165, 1.54) is 6.20 Å². The van der Waals surface area contributed by atoms with E-state index in [1.807, 2.05) is 29.8 Å². The first-order valence-corrected chi connectivity index (χ1v) is 11.0. The van der Waals surface area contributed by atoms with Gasteiger partial charge in [0, 0.05) is 25.5 Å². The number of carbonyl (C=O) groups is 1. The summed E-state index contributed by atoms with van der Waals surface area (Å²) in [6, 6.07) is 5.79. The smallest absolute Gasteiger partial charge is 0.257 e. The molecule has 0 unspecified atom stereocenters. The molecule has 0 bridgehead atoms. The molecule has 4 aromatic rings. The van der Waals surface area contributed by atoms with E-state index in [-0.39, 0.29) is 11.9 Å². The Morgan fingerprint density at radius 3 is 2.81 bits per heavy atom. The van der Waals surface area contributed by atoms with Crippen molar-refractivity contribution >= 4 is 23.0 Å². The average Bonchev–Trinajstić information content (AvgIpc) is 3.52. The van der Waals surface area contributed by atoms with Gasteiger partial charge >= 0.3 is 0 Å². The van der Waals surface area contributed by atoms with Crippen molar-refractivity contribution in [2.75, 3.05) is 12.4 Å². The van der Waals surface area contributed by atoms with Crippen LogP contribution in [0.25, 0.3) is 22.7 Å². The summed E-state index contributed by atoms with van der Waals surface area (Å²) < 4.78 is 3.65. The fourth-order valence-electron chi connectivity index (χ4n) is 4.48. The zero-order valence-electron chi connectivity index (χ0n) is 18.4. The molecule has 2 atom stereocenters. The molecule has 32 heavy (non-hydrogen) atoms. The summed E-state index contributed by atoms with van der Waals surface area (Å²) in [6.45, 7) is 4.29. The van der Waals surface area contributed by atoms with Gasteiger partial charge in [-0.15, -0.1) is 0 Å². The highest BCUT2D eigenvalue weighted by atomic mass is 16.3. The number of nitrogens with one attached hydrogen (secondary N) is 2. The number of aliphatic hydroxyl groups excluding tert-OH is 1. The summed E-state index contributed by atoms with van der Waals surface area (Å²) >= 11 is 0. The van der Waals surface area contributed by atoms with Crippen molar-refractivity contribution < 1.29 is 9.90 Å². The molecule has 0 radical (unpaired) electrons. The van der Waals surface area contributed by atoms with Crippen LogP contribution in [0.2, 0.25) is 0 Å². The molecule has 4 heterocycles. The number of fused-ring (bicyclic) bond motifs is 2. The largest absolute Gasteiger partial charge is 0.391 e. The second-order valence-electron chi connectivity index (χ2n) is 8.60. The van der Waals surface area contributed by atoms with Crippen LogP contribution < -0.4 is 10.6 Å². The minimum absolute atomic E-state index is 0.237. The van der Waals surface area contributed by atoms with Crippen LogP contribution in [-0.4, -0.2) is 54.2 Å². The van der Waals surface area contributed by atoms with Gasteiger partial charge in [-0.3, -0.25) is 9.20 Å². The Bertz CT molecular complexity index is 1310. The zero-order chi connectivity index (χ0) is 22.4. The lowest BCUT2D eigenvalue weighted by Gasteiger charge is -2.16. The quantitative estimate of drug-likeness (QED) is 0.447. The molecule has 5 rings (SSSR count). The van der Waals surface area contributed by atoms with Gasteiger partial charge in [-0.2, -0.15) is 9.61 Å². The first kappa shape index (κ1) is 20.4. The maximum atomic E-state index is 13.0. The summed E-state index contributed by atoms with van der Waals surface area (Å²) in [5, 5.41) is 20.6. The Morgan fingerprint density at radius 1 is 1.25 bits per heavy atom. The number of nitrogens with zero attached hydrogens (tertiary/aromatic N) is 5. The average molecular weight is 434 g/mol. The minimum atomic E-state index is -0.508. The number of imidazole rings is 1. The molecule has 0 spiro atoms. The molecule has 0 aliphatic heterocycles. The maximum Gasteiger partial charge on any atom is 0.257 e. The predicted octanol–water partition coefficient (Wildman–Crippen LogP) is 2.85. The number of carbonyl (C=O) groups excluding carboxylic acids is 1. The highest BCUT2D eigenvalue weighted by Crippen LogP contribution is 2.28. The third-order valence-electron chi connectivity index (χ3n) is 6.23. The van der Waals surface area contributed by atoms with E-state index in [0.717, 1.165) is 29.7 Å². The molecule has 0 saturated heterocycles. The predicted molar refractivity (Wildman–Crippen MR) is 122 cm³/mol. The molecular weight excluding hydrogens is 406 g/mol. The van der Waals surface area contributed by atoms with E-state index in [1.54, 1.807) is 10.7 Å². The van der Waals surface area contributed by atoms with Crippen LogP contribution in [0.15, 0.2) is 36.8 Å². The molecule has 166 valence electrons. The van der Waals surface area contributed by atoms with Gasteiger partial charge in [-0.25, -0.2) is 9.97 Å². The van der Waals surface area contributed by atoms with Gasteiger partial charge in [0.25, 0.3) is 5.91 Å². The van der Waals surface area contributed by atoms with Gasteiger partial charge in [-0.1, -0.05) is 19.9 Å². The summed E-state index contributed by atoms with van der Waals surface area (Å²) in [7, 11) is 1.81. The molecule has 9 heteroatoms. The van der Waals surface area contributed by atoms with Gasteiger partial charge in [0.2, 0.25) is 0 Å². The summed E-state index contributed by atoms with van der Waals surface area (Å²) in [5.41, 5.74) is 4.47. The van der Waals surface area contributed by atoms with Crippen LogP contribution in [0, 0.1) is 0 Å². The summed E-state index contributed by atoms with van der Waals surface area (Å²) in [4.78, 5) is 22.4. The highest BCUT2D eigenvalue weighted by Gasteiger charge is 2.28. The normalized spacial score (nSPS) is 18.7. The van der Waals surface area contributed by atoms with Crippen LogP contribution in [0.5, 0.6) is 0 Å². The Labute approximate surface area is 185 Å². The molecule has 0 aromatic carbocycles. The second-order valence-corrected chi connectivity index (χ2v) is 8.60. The molecule has 1 aliphatic rings. The number of anilines is 1. The van der Waals surface area contributed by atoms with Gasteiger partial charge in [0.15, 0.2) is 5.65 Å². The first-order valence-electron chi connectivity index (χ1n) is 11.0. The lowest BCUT2D eigenvalue weighted by atomic mass is 10.0. The second kappa shape index (κ2) is 7.90. The van der Waals surface area contributed by atoms with E-state index in [2.05, 4.69) is 40.6 Å². The fraction of sp³-hybridized carbons (Fsp3) is 0.391. The molecule has 1 fully saturated rings. The number of hydrogen-bond donors (Lipinski definition) is 3. The number of hydrogen-bond acceptors (Lipinski definition) is 6. The minimum Gasteiger partial charge on any atom is -0.391 e. The molecule has 4 aromatic heterocycles. The Hall–Kier alpha value is -3.46. The topological polar surface area (TPSA) is 109 Å². The van der Waals surface area contributed by atoms with Crippen molar-refractivity contribution in [3.05, 3.63) is 47.9 Å². The van der Waals surface area contributed by atoms with E-state index in [9.17, 15) is 9.90 Å². The van der Waals surface area contributed by atoms with Crippen LogP contribution in [0.4, 0.5) is 5.82 Å². The summed E-state index contributed by atoms with van der Waals surface area (Å²) in [6.07, 6.45) is 7.11. The van der Waals surface area contributed by atoms with E-state index in [0.29, 0.717) is 35.1 Å². The maximum absolute atomic E-state index is 13.0. The molecule has 3 N–H and O–H groups in total. The number of amides is 1.